The van der Waals surface area contributed by atoms with Crippen LogP contribution in [0.2, 0.25) is 5.02 Å². The van der Waals surface area contributed by atoms with Crippen molar-refractivity contribution in [1.82, 2.24) is 14.5 Å². The molecule has 2 aromatic heterocycles. The number of aromatic nitrogens is 3. The zero-order valence-corrected chi connectivity index (χ0v) is 18.1. The van der Waals surface area contributed by atoms with Crippen molar-refractivity contribution in [2.75, 3.05) is 5.73 Å². The molecule has 0 unspecified atom stereocenters. The lowest BCUT2D eigenvalue weighted by molar-refractivity contribution is 0.596. The van der Waals surface area contributed by atoms with Gasteiger partial charge in [0.1, 0.15) is 28.4 Å². The highest BCUT2D eigenvalue weighted by Gasteiger charge is 2.30. The first-order valence-electron chi connectivity index (χ1n) is 9.41. The van der Waals surface area contributed by atoms with E-state index in [9.17, 15) is 18.9 Å². The van der Waals surface area contributed by atoms with Gasteiger partial charge in [-0.25, -0.2) is 18.4 Å². The smallest absolute Gasteiger partial charge is 0.212 e. The SMILES string of the molecule is N#Cc1nc2c(S(=O)(=O)c3ccc(Cl)cc3)c(N)n(CCc3ccccc3)c2nc1C#N. The number of sulfone groups is 1. The van der Waals surface area contributed by atoms with Gasteiger partial charge in [0, 0.05) is 11.6 Å². The zero-order chi connectivity index (χ0) is 22.9. The molecule has 32 heavy (non-hydrogen) atoms. The number of anilines is 1. The molecule has 2 aromatic carbocycles. The molecule has 0 bridgehead atoms. The Morgan fingerprint density at radius 2 is 1.59 bits per heavy atom. The van der Waals surface area contributed by atoms with E-state index in [1.807, 2.05) is 36.4 Å². The fourth-order valence-electron chi connectivity index (χ4n) is 3.39. The standard InChI is InChI=1S/C22H15ClN6O2S/c23-15-6-8-16(9-7-15)32(30,31)20-19-22(28-18(13-25)17(12-24)27-19)29(21(20)26)11-10-14-4-2-1-3-5-14/h1-9H,10-11,26H2. The summed E-state index contributed by atoms with van der Waals surface area (Å²) in [6, 6.07) is 18.8. The highest BCUT2D eigenvalue weighted by molar-refractivity contribution is 7.92. The van der Waals surface area contributed by atoms with Crippen LogP contribution in [0.15, 0.2) is 64.4 Å². The van der Waals surface area contributed by atoms with E-state index in [2.05, 4.69) is 9.97 Å². The van der Waals surface area contributed by atoms with E-state index < -0.39 is 9.84 Å². The van der Waals surface area contributed by atoms with E-state index in [1.54, 1.807) is 6.07 Å². The van der Waals surface area contributed by atoms with Gasteiger partial charge >= 0.3 is 0 Å². The Bertz CT molecular complexity index is 1520. The first kappa shape index (κ1) is 21.3. The molecule has 2 heterocycles. The molecule has 0 aliphatic rings. The summed E-state index contributed by atoms with van der Waals surface area (Å²) in [6.45, 7) is 0.300. The largest absolute Gasteiger partial charge is 0.384 e. The second kappa shape index (κ2) is 8.31. The van der Waals surface area contributed by atoms with Crippen LogP contribution >= 0.6 is 11.6 Å². The molecular weight excluding hydrogens is 448 g/mol. The molecule has 0 radical (unpaired) electrons. The molecule has 4 aromatic rings. The van der Waals surface area contributed by atoms with Crippen LogP contribution in [-0.4, -0.2) is 23.0 Å². The lowest BCUT2D eigenvalue weighted by Gasteiger charge is -2.08. The lowest BCUT2D eigenvalue weighted by Crippen LogP contribution is -2.09. The number of hydrogen-bond donors (Lipinski definition) is 1. The molecule has 0 aliphatic heterocycles. The van der Waals surface area contributed by atoms with Crippen LogP contribution in [0.4, 0.5) is 5.82 Å². The summed E-state index contributed by atoms with van der Waals surface area (Å²) in [6.07, 6.45) is 0.540. The fraction of sp³-hybridized carbons (Fsp3) is 0.0909. The van der Waals surface area contributed by atoms with Crippen LogP contribution < -0.4 is 5.73 Å². The summed E-state index contributed by atoms with van der Waals surface area (Å²) in [7, 11) is -4.12. The second-order valence-corrected chi connectivity index (χ2v) is 9.20. The van der Waals surface area contributed by atoms with Gasteiger partial charge < -0.3 is 10.3 Å². The van der Waals surface area contributed by atoms with Crippen molar-refractivity contribution >= 4 is 38.4 Å². The van der Waals surface area contributed by atoms with Gasteiger partial charge in [0.2, 0.25) is 9.84 Å². The third-order valence-corrected chi connectivity index (χ3v) is 7.03. The van der Waals surface area contributed by atoms with Gasteiger partial charge in [0.15, 0.2) is 17.0 Å². The first-order chi connectivity index (χ1) is 15.4. The predicted octanol–water partition coefficient (Wildman–Crippen LogP) is 3.49. The molecule has 0 amide bonds. The number of halogens is 1. The Hall–Kier alpha value is -3.92. The summed E-state index contributed by atoms with van der Waals surface area (Å²) in [5.41, 5.74) is 6.94. The monoisotopic (exact) mass is 462 g/mol. The number of aryl methyl sites for hydroxylation is 2. The number of nitrogens with zero attached hydrogens (tertiary/aromatic N) is 5. The quantitative estimate of drug-likeness (QED) is 0.478. The fourth-order valence-corrected chi connectivity index (χ4v) is 5.02. The summed E-state index contributed by atoms with van der Waals surface area (Å²) < 4.78 is 28.5. The Labute approximate surface area is 189 Å². The Kier molecular flexibility index (Phi) is 5.54. The topological polar surface area (TPSA) is 138 Å². The minimum atomic E-state index is -4.12. The van der Waals surface area contributed by atoms with Gasteiger partial charge in [0.25, 0.3) is 0 Å². The summed E-state index contributed by atoms with van der Waals surface area (Å²) in [5, 5.41) is 19.1. The Balaban J connectivity index is 1.96. The molecular formula is C22H15ClN6O2S. The molecule has 2 N–H and O–H groups in total. The normalized spacial score (nSPS) is 11.2. The maximum absolute atomic E-state index is 13.5. The first-order valence-corrected chi connectivity index (χ1v) is 11.3. The third-order valence-electron chi connectivity index (χ3n) is 4.94. The third kappa shape index (κ3) is 3.65. The van der Waals surface area contributed by atoms with Gasteiger partial charge in [-0.2, -0.15) is 10.5 Å². The Morgan fingerprint density at radius 1 is 0.969 bits per heavy atom. The summed E-state index contributed by atoms with van der Waals surface area (Å²) in [4.78, 5) is 8.11. The molecule has 0 atom stereocenters. The molecule has 0 aliphatic carbocycles. The molecule has 0 fully saturated rings. The highest BCUT2D eigenvalue weighted by atomic mass is 35.5. The second-order valence-electron chi connectivity index (χ2n) is 6.88. The highest BCUT2D eigenvalue weighted by Crippen LogP contribution is 2.35. The maximum atomic E-state index is 13.5. The van der Waals surface area contributed by atoms with Crippen molar-refractivity contribution in [3.63, 3.8) is 0 Å². The summed E-state index contributed by atoms with van der Waals surface area (Å²) >= 11 is 5.90. The van der Waals surface area contributed by atoms with E-state index in [-0.39, 0.29) is 38.2 Å². The number of nitrogen functional groups attached to an aromatic ring is 1. The molecule has 4 rings (SSSR count). The molecule has 10 heteroatoms. The number of hydrogen-bond acceptors (Lipinski definition) is 7. The predicted molar refractivity (Wildman–Crippen MR) is 118 cm³/mol. The van der Waals surface area contributed by atoms with Crippen LogP contribution in [0.5, 0.6) is 0 Å². The number of rotatable bonds is 5. The van der Waals surface area contributed by atoms with Crippen LogP contribution in [-0.2, 0) is 22.8 Å². The van der Waals surface area contributed by atoms with E-state index in [0.717, 1.165) is 5.56 Å². The van der Waals surface area contributed by atoms with Crippen molar-refractivity contribution in [3.8, 4) is 12.1 Å². The Morgan fingerprint density at radius 3 is 2.22 bits per heavy atom. The number of nitrogens with two attached hydrogens (primary N) is 1. The number of benzene rings is 2. The van der Waals surface area contributed by atoms with E-state index in [4.69, 9.17) is 17.3 Å². The van der Waals surface area contributed by atoms with Crippen LogP contribution in [0.25, 0.3) is 11.2 Å². The molecule has 0 saturated heterocycles. The lowest BCUT2D eigenvalue weighted by atomic mass is 10.1. The average molecular weight is 463 g/mol. The van der Waals surface area contributed by atoms with Crippen molar-refractivity contribution in [2.45, 2.75) is 22.8 Å². The molecule has 158 valence electrons. The zero-order valence-electron chi connectivity index (χ0n) is 16.5. The minimum Gasteiger partial charge on any atom is -0.384 e. The molecule has 8 nitrogen and oxygen atoms in total. The van der Waals surface area contributed by atoms with Gasteiger partial charge in [0.05, 0.1) is 4.90 Å². The van der Waals surface area contributed by atoms with E-state index in [0.29, 0.717) is 18.0 Å². The maximum Gasteiger partial charge on any atom is 0.212 e. The van der Waals surface area contributed by atoms with Crippen LogP contribution in [0.1, 0.15) is 17.0 Å². The number of nitriles is 2. The van der Waals surface area contributed by atoms with Crippen molar-refractivity contribution in [1.29, 1.82) is 10.5 Å². The van der Waals surface area contributed by atoms with E-state index in [1.165, 1.54) is 28.8 Å². The molecule has 0 spiro atoms. The van der Waals surface area contributed by atoms with Gasteiger partial charge in [-0.1, -0.05) is 41.9 Å². The van der Waals surface area contributed by atoms with Gasteiger partial charge in [-0.05, 0) is 36.2 Å². The minimum absolute atomic E-state index is 0.0274. The van der Waals surface area contributed by atoms with Crippen molar-refractivity contribution in [3.05, 3.63) is 76.6 Å². The summed E-state index contributed by atoms with van der Waals surface area (Å²) in [5.74, 6) is -0.0649. The van der Waals surface area contributed by atoms with Crippen LogP contribution in [0, 0.1) is 22.7 Å². The van der Waals surface area contributed by atoms with Gasteiger partial charge in [-0.15, -0.1) is 0 Å². The van der Waals surface area contributed by atoms with E-state index >= 15 is 0 Å². The van der Waals surface area contributed by atoms with Crippen molar-refractivity contribution < 1.29 is 8.42 Å². The number of fused-ring (bicyclic) bond motifs is 1. The van der Waals surface area contributed by atoms with Gasteiger partial charge in [-0.3, -0.25) is 0 Å². The van der Waals surface area contributed by atoms with Crippen molar-refractivity contribution in [2.24, 2.45) is 0 Å². The molecule has 0 saturated carbocycles. The average Bonchev–Trinajstić information content (AvgIpc) is 3.08. The van der Waals surface area contributed by atoms with Crippen LogP contribution in [0.3, 0.4) is 0 Å².